The quantitative estimate of drug-likeness (QED) is 0.542. The maximum Gasteiger partial charge on any atom is 0.241 e. The van der Waals surface area contributed by atoms with Crippen LogP contribution in [0.1, 0.15) is 38.7 Å². The zero-order chi connectivity index (χ0) is 23.3. The zero-order valence-corrected chi connectivity index (χ0v) is 20.0. The fourth-order valence-electron chi connectivity index (χ4n) is 3.37. The number of hydrogen-bond donors (Lipinski definition) is 3. The van der Waals surface area contributed by atoms with Gasteiger partial charge in [0.25, 0.3) is 0 Å². The summed E-state index contributed by atoms with van der Waals surface area (Å²) in [7, 11) is -3.80. The topological polar surface area (TPSA) is 104 Å². The fourth-order valence-corrected chi connectivity index (χ4v) is 5.98. The Labute approximate surface area is 193 Å². The average molecular weight is 476 g/mol. The van der Waals surface area contributed by atoms with Crippen LogP contribution in [0.25, 0.3) is 0 Å². The smallest absolute Gasteiger partial charge is 0.241 e. The van der Waals surface area contributed by atoms with Gasteiger partial charge in [-0.1, -0.05) is 51.1 Å². The van der Waals surface area contributed by atoms with Gasteiger partial charge < -0.3 is 10.6 Å². The van der Waals surface area contributed by atoms with Gasteiger partial charge in [0, 0.05) is 12.2 Å². The standard InChI is InChI=1S/C23H29N3O4S2/c1-4-19(21(27)25-17-12-10-16(11-13-17)15(2)3)31-23-24-14-20(22(28)26-23)32(29,30)18-8-6-5-7-9-18/h5-13,15,19-20,23-24H,4,14H2,1-3H3,(H,25,27)(H,26,28). The molecule has 32 heavy (non-hydrogen) atoms. The summed E-state index contributed by atoms with van der Waals surface area (Å²) in [5.41, 5.74) is 1.36. The molecule has 1 aliphatic rings. The van der Waals surface area contributed by atoms with E-state index in [2.05, 4.69) is 29.8 Å². The van der Waals surface area contributed by atoms with E-state index in [0.717, 1.165) is 0 Å². The van der Waals surface area contributed by atoms with Gasteiger partial charge in [-0.2, -0.15) is 0 Å². The van der Waals surface area contributed by atoms with E-state index < -0.39 is 31.7 Å². The molecule has 9 heteroatoms. The van der Waals surface area contributed by atoms with Crippen LogP contribution in [0.4, 0.5) is 5.69 Å². The first kappa shape index (κ1) is 24.3. The van der Waals surface area contributed by atoms with Crippen molar-refractivity contribution in [3.05, 3.63) is 60.2 Å². The lowest BCUT2D eigenvalue weighted by Gasteiger charge is -2.31. The molecule has 1 aliphatic heterocycles. The van der Waals surface area contributed by atoms with E-state index in [1.807, 2.05) is 31.2 Å². The van der Waals surface area contributed by atoms with Crippen molar-refractivity contribution in [2.75, 3.05) is 11.9 Å². The van der Waals surface area contributed by atoms with Crippen LogP contribution < -0.4 is 16.0 Å². The van der Waals surface area contributed by atoms with Crippen molar-refractivity contribution in [1.29, 1.82) is 0 Å². The van der Waals surface area contributed by atoms with Crippen LogP contribution in [-0.2, 0) is 19.4 Å². The van der Waals surface area contributed by atoms with Crippen molar-refractivity contribution in [3.63, 3.8) is 0 Å². The van der Waals surface area contributed by atoms with Crippen LogP contribution in [0.2, 0.25) is 0 Å². The van der Waals surface area contributed by atoms with Crippen LogP contribution >= 0.6 is 11.8 Å². The van der Waals surface area contributed by atoms with Gasteiger partial charge in [0.1, 0.15) is 5.50 Å². The molecule has 2 aromatic carbocycles. The summed E-state index contributed by atoms with van der Waals surface area (Å²) < 4.78 is 25.6. The highest BCUT2D eigenvalue weighted by molar-refractivity contribution is 8.01. The number of amides is 2. The predicted octanol–water partition coefficient (Wildman–Crippen LogP) is 3.11. The second-order valence-corrected chi connectivity index (χ2v) is 11.4. The van der Waals surface area contributed by atoms with Crippen molar-refractivity contribution in [2.45, 2.75) is 54.0 Å². The summed E-state index contributed by atoms with van der Waals surface area (Å²) in [4.78, 5) is 25.5. The van der Waals surface area contributed by atoms with Crippen LogP contribution in [0.15, 0.2) is 59.5 Å². The summed E-state index contributed by atoms with van der Waals surface area (Å²) in [6, 6.07) is 15.7. The van der Waals surface area contributed by atoms with Crippen LogP contribution in [0.3, 0.4) is 0 Å². The van der Waals surface area contributed by atoms with Crippen molar-refractivity contribution in [3.8, 4) is 0 Å². The number of sulfone groups is 1. The summed E-state index contributed by atoms with van der Waals surface area (Å²) in [5.74, 6) is -0.316. The van der Waals surface area contributed by atoms with Gasteiger partial charge in [-0.05, 0) is 42.2 Å². The fraction of sp³-hybridized carbons (Fsp3) is 0.391. The summed E-state index contributed by atoms with van der Waals surface area (Å²) in [6.07, 6.45) is 0.556. The van der Waals surface area contributed by atoms with Crippen LogP contribution in [0, 0.1) is 0 Å². The highest BCUT2D eigenvalue weighted by Gasteiger charge is 2.39. The number of benzene rings is 2. The molecule has 0 spiro atoms. The lowest BCUT2D eigenvalue weighted by molar-refractivity contribution is -0.122. The Hall–Kier alpha value is -2.36. The first-order valence-corrected chi connectivity index (χ1v) is 13.1. The lowest BCUT2D eigenvalue weighted by Crippen LogP contribution is -2.60. The molecule has 1 heterocycles. The summed E-state index contributed by atoms with van der Waals surface area (Å²) in [5, 5.41) is 7.04. The van der Waals surface area contributed by atoms with Gasteiger partial charge in [-0.15, -0.1) is 11.8 Å². The largest absolute Gasteiger partial charge is 0.331 e. The van der Waals surface area contributed by atoms with Crippen molar-refractivity contribution >= 4 is 39.1 Å². The van der Waals surface area contributed by atoms with E-state index in [9.17, 15) is 18.0 Å². The molecule has 0 aliphatic carbocycles. The number of thioether (sulfide) groups is 1. The van der Waals surface area contributed by atoms with Crippen molar-refractivity contribution < 1.29 is 18.0 Å². The Morgan fingerprint density at radius 1 is 1.12 bits per heavy atom. The van der Waals surface area contributed by atoms with E-state index in [4.69, 9.17) is 0 Å². The van der Waals surface area contributed by atoms with Gasteiger partial charge in [-0.25, -0.2) is 8.42 Å². The molecule has 3 unspecified atom stereocenters. The number of hydrogen-bond acceptors (Lipinski definition) is 6. The molecule has 7 nitrogen and oxygen atoms in total. The SMILES string of the molecule is CCC(SC1NCC(S(=O)(=O)c2ccccc2)C(=O)N1)C(=O)Nc1ccc(C(C)C)cc1. The lowest BCUT2D eigenvalue weighted by atomic mass is 10.0. The Morgan fingerprint density at radius 2 is 1.78 bits per heavy atom. The van der Waals surface area contributed by atoms with E-state index in [-0.39, 0.29) is 17.3 Å². The molecule has 1 fully saturated rings. The molecule has 1 saturated heterocycles. The number of carbonyl (C=O) groups excluding carboxylic acids is 2. The Bertz CT molecular complexity index is 1040. The molecular formula is C23H29N3O4S2. The number of anilines is 1. The summed E-state index contributed by atoms with van der Waals surface area (Å²) in [6.45, 7) is 6.10. The van der Waals surface area contributed by atoms with Gasteiger partial charge in [-0.3, -0.25) is 14.9 Å². The van der Waals surface area contributed by atoms with Crippen LogP contribution in [-0.4, -0.2) is 42.8 Å². The maximum atomic E-state index is 12.8. The third-order valence-corrected chi connectivity index (χ3v) is 8.80. The molecule has 0 bridgehead atoms. The second-order valence-electron chi connectivity index (χ2n) is 7.94. The number of rotatable bonds is 8. The first-order chi connectivity index (χ1) is 15.2. The van der Waals surface area contributed by atoms with E-state index in [1.165, 1.54) is 29.5 Å². The Morgan fingerprint density at radius 3 is 2.34 bits per heavy atom. The molecule has 0 aromatic heterocycles. The zero-order valence-electron chi connectivity index (χ0n) is 18.4. The van der Waals surface area contributed by atoms with Crippen molar-refractivity contribution in [2.24, 2.45) is 0 Å². The van der Waals surface area contributed by atoms with Gasteiger partial charge in [0.15, 0.2) is 15.1 Å². The predicted molar refractivity (Wildman–Crippen MR) is 128 cm³/mol. The number of carbonyl (C=O) groups is 2. The van der Waals surface area contributed by atoms with Crippen LogP contribution in [0.5, 0.6) is 0 Å². The molecule has 2 amide bonds. The van der Waals surface area contributed by atoms with E-state index in [1.54, 1.807) is 18.2 Å². The minimum Gasteiger partial charge on any atom is -0.331 e. The summed E-state index contributed by atoms with van der Waals surface area (Å²) >= 11 is 1.26. The second kappa shape index (κ2) is 10.5. The van der Waals surface area contributed by atoms with Gasteiger partial charge in [0.05, 0.1) is 10.1 Å². The maximum absolute atomic E-state index is 12.8. The molecule has 0 saturated carbocycles. The molecule has 3 atom stereocenters. The normalized spacial score (nSPS) is 19.9. The molecule has 3 N–H and O–H groups in total. The Balaban J connectivity index is 1.59. The minimum atomic E-state index is -3.80. The number of nitrogens with one attached hydrogen (secondary N) is 3. The average Bonchev–Trinajstić information content (AvgIpc) is 2.78. The molecule has 0 radical (unpaired) electrons. The van der Waals surface area contributed by atoms with Gasteiger partial charge in [0.2, 0.25) is 11.8 Å². The highest BCUT2D eigenvalue weighted by atomic mass is 32.2. The molecular weight excluding hydrogens is 446 g/mol. The molecule has 2 aromatic rings. The highest BCUT2D eigenvalue weighted by Crippen LogP contribution is 2.24. The third-order valence-electron chi connectivity index (χ3n) is 5.31. The Kier molecular flexibility index (Phi) is 7.97. The van der Waals surface area contributed by atoms with E-state index >= 15 is 0 Å². The third kappa shape index (κ3) is 5.70. The van der Waals surface area contributed by atoms with Gasteiger partial charge >= 0.3 is 0 Å². The van der Waals surface area contributed by atoms with E-state index in [0.29, 0.717) is 18.0 Å². The molecule has 172 valence electrons. The first-order valence-electron chi connectivity index (χ1n) is 10.6. The monoisotopic (exact) mass is 475 g/mol. The molecule has 3 rings (SSSR count). The van der Waals surface area contributed by atoms with Crippen molar-refractivity contribution in [1.82, 2.24) is 10.6 Å². The minimum absolute atomic E-state index is 0.0184.